The molecule has 0 amide bonds. The molecule has 1 fully saturated rings. The van der Waals surface area contributed by atoms with E-state index in [1.165, 1.54) is 12.1 Å². The number of nitrogens with one attached hydrogen (secondary N) is 1. The molecule has 1 atom stereocenters. The summed E-state index contributed by atoms with van der Waals surface area (Å²) in [4.78, 5) is 27.7. The molecule has 0 spiro atoms. The molecule has 5 rings (SSSR count). The lowest BCUT2D eigenvalue weighted by molar-refractivity contribution is 0.0980. The van der Waals surface area contributed by atoms with Crippen molar-refractivity contribution in [2.24, 2.45) is 13.0 Å². The first-order chi connectivity index (χ1) is 17.9. The van der Waals surface area contributed by atoms with Crippen molar-refractivity contribution in [1.82, 2.24) is 4.57 Å². The maximum absolute atomic E-state index is 12.8. The van der Waals surface area contributed by atoms with Crippen LogP contribution in [0.4, 0.5) is 17.1 Å². The molecule has 1 N–H and O–H groups in total. The van der Waals surface area contributed by atoms with E-state index in [0.29, 0.717) is 12.8 Å². The van der Waals surface area contributed by atoms with Gasteiger partial charge in [-0.05, 0) is 84.1 Å². The Labute approximate surface area is 218 Å². The van der Waals surface area contributed by atoms with Gasteiger partial charge < -0.3 is 14.8 Å². The highest BCUT2D eigenvalue weighted by molar-refractivity contribution is 5.98. The number of benzene rings is 3. The maximum Gasteiger partial charge on any atom is 0.183 e. The number of rotatable bonds is 9. The number of carbonyl (C=O) groups is 2. The molecule has 0 radical (unpaired) electrons. The van der Waals surface area contributed by atoms with Crippen LogP contribution in [-0.2, 0) is 19.9 Å². The summed E-state index contributed by atoms with van der Waals surface area (Å²) in [6.45, 7) is 4.46. The topological polar surface area (TPSA) is 54.3 Å². The van der Waals surface area contributed by atoms with Gasteiger partial charge in [-0.25, -0.2) is 0 Å². The van der Waals surface area contributed by atoms with Crippen LogP contribution in [0.5, 0.6) is 0 Å². The smallest absolute Gasteiger partial charge is 0.183 e. The van der Waals surface area contributed by atoms with E-state index in [2.05, 4.69) is 29.3 Å². The Morgan fingerprint density at radius 1 is 0.811 bits per heavy atom. The van der Waals surface area contributed by atoms with Gasteiger partial charge in [-0.15, -0.1) is 0 Å². The molecule has 1 aliphatic rings. The number of anilines is 3. The molecule has 188 valence electrons. The molecule has 0 aliphatic carbocycles. The van der Waals surface area contributed by atoms with Crippen LogP contribution in [-0.4, -0.2) is 29.2 Å². The number of aromatic nitrogens is 1. The van der Waals surface area contributed by atoms with Gasteiger partial charge in [0.25, 0.3) is 0 Å². The third kappa shape index (κ3) is 6.00. The van der Waals surface area contributed by atoms with Crippen LogP contribution < -0.4 is 10.2 Å². The summed E-state index contributed by atoms with van der Waals surface area (Å²) in [6, 6.07) is 27.7. The van der Waals surface area contributed by atoms with Crippen molar-refractivity contribution >= 4 is 28.6 Å². The van der Waals surface area contributed by atoms with Gasteiger partial charge in [0.2, 0.25) is 0 Å². The zero-order valence-corrected chi connectivity index (χ0v) is 21.5. The van der Waals surface area contributed by atoms with Gasteiger partial charge in [0.05, 0.1) is 5.69 Å². The Morgan fingerprint density at radius 3 is 1.92 bits per heavy atom. The summed E-state index contributed by atoms with van der Waals surface area (Å²) in [5.74, 6) is 0.965. The van der Waals surface area contributed by atoms with Crippen molar-refractivity contribution in [2.45, 2.75) is 26.2 Å². The molecule has 2 heterocycles. The third-order valence-electron chi connectivity index (χ3n) is 7.13. The first kappa shape index (κ1) is 24.6. The minimum absolute atomic E-state index is 0.107. The molecule has 4 aromatic rings. The fourth-order valence-corrected chi connectivity index (χ4v) is 4.92. The SMILES string of the molecule is CC1CCN(c2ccc(C(=O)Cc3ccc(Nc4ccc(CC(=O)c5cccn5C)cc4)cc3)cc2)C1. The number of hydrogen-bond donors (Lipinski definition) is 1. The molecule has 3 aromatic carbocycles. The average molecular weight is 492 g/mol. The quantitative estimate of drug-likeness (QED) is 0.273. The average Bonchev–Trinajstić information content (AvgIpc) is 3.54. The molecular weight excluding hydrogens is 458 g/mol. The van der Waals surface area contributed by atoms with Crippen LogP contribution in [0.3, 0.4) is 0 Å². The molecule has 5 nitrogen and oxygen atoms in total. The van der Waals surface area contributed by atoms with Gasteiger partial charge in [-0.2, -0.15) is 0 Å². The summed E-state index contributed by atoms with van der Waals surface area (Å²) in [5.41, 5.74) is 6.54. The van der Waals surface area contributed by atoms with Crippen molar-refractivity contribution in [1.29, 1.82) is 0 Å². The fraction of sp³-hybridized carbons (Fsp3) is 0.250. The minimum atomic E-state index is 0.107. The van der Waals surface area contributed by atoms with Gasteiger partial charge in [0.1, 0.15) is 0 Å². The highest BCUT2D eigenvalue weighted by Crippen LogP contribution is 2.24. The molecule has 1 saturated heterocycles. The Balaban J connectivity index is 1.14. The normalized spacial score (nSPS) is 15.1. The standard InChI is InChI=1S/C32H33N3O2/c1-23-17-19-35(22-23)29-15-9-26(10-16-29)31(36)20-24-5-11-27(12-6-24)33-28-13-7-25(8-14-28)21-32(37)30-4-3-18-34(30)2/h3-16,18,23,33H,17,19-22H2,1-2H3. The van der Waals surface area contributed by atoms with Crippen LogP contribution in [0.2, 0.25) is 0 Å². The van der Waals surface area contributed by atoms with Crippen molar-refractivity contribution in [2.75, 3.05) is 23.3 Å². The predicted octanol–water partition coefficient (Wildman–Crippen LogP) is 6.47. The fourth-order valence-electron chi connectivity index (χ4n) is 4.92. The second kappa shape index (κ2) is 10.9. The zero-order valence-electron chi connectivity index (χ0n) is 21.5. The summed E-state index contributed by atoms with van der Waals surface area (Å²) >= 11 is 0. The zero-order chi connectivity index (χ0) is 25.8. The summed E-state index contributed by atoms with van der Waals surface area (Å²) in [6.07, 6.45) is 3.87. The molecule has 1 unspecified atom stereocenters. The Bertz CT molecular complexity index is 1370. The predicted molar refractivity (Wildman–Crippen MR) is 150 cm³/mol. The van der Waals surface area contributed by atoms with E-state index in [4.69, 9.17) is 0 Å². The first-order valence-electron chi connectivity index (χ1n) is 12.9. The third-order valence-corrected chi connectivity index (χ3v) is 7.13. The highest BCUT2D eigenvalue weighted by Gasteiger charge is 2.19. The van der Waals surface area contributed by atoms with Crippen molar-refractivity contribution in [3.63, 3.8) is 0 Å². The van der Waals surface area contributed by atoms with E-state index in [0.717, 1.165) is 52.8 Å². The molecule has 0 bridgehead atoms. The lowest BCUT2D eigenvalue weighted by atomic mass is 10.0. The van der Waals surface area contributed by atoms with Crippen molar-refractivity contribution in [3.8, 4) is 0 Å². The van der Waals surface area contributed by atoms with Gasteiger partial charge >= 0.3 is 0 Å². The van der Waals surface area contributed by atoms with Crippen LogP contribution in [0.15, 0.2) is 91.1 Å². The van der Waals surface area contributed by atoms with Gasteiger partial charge in [0, 0.05) is 61.8 Å². The van der Waals surface area contributed by atoms with E-state index in [9.17, 15) is 9.59 Å². The highest BCUT2D eigenvalue weighted by atomic mass is 16.1. The van der Waals surface area contributed by atoms with E-state index in [1.54, 1.807) is 0 Å². The first-order valence-corrected chi connectivity index (χ1v) is 12.9. The minimum Gasteiger partial charge on any atom is -0.371 e. The number of aryl methyl sites for hydroxylation is 1. The number of hydrogen-bond acceptors (Lipinski definition) is 4. The lowest BCUT2D eigenvalue weighted by Gasteiger charge is -2.18. The lowest BCUT2D eigenvalue weighted by Crippen LogP contribution is -2.19. The second-order valence-corrected chi connectivity index (χ2v) is 10.1. The second-order valence-electron chi connectivity index (χ2n) is 10.1. The Hall–Kier alpha value is -4.12. The largest absolute Gasteiger partial charge is 0.371 e. The van der Waals surface area contributed by atoms with Gasteiger partial charge in [-0.3, -0.25) is 9.59 Å². The molecule has 37 heavy (non-hydrogen) atoms. The van der Waals surface area contributed by atoms with E-state index >= 15 is 0 Å². The number of nitrogens with zero attached hydrogens (tertiary/aromatic N) is 2. The molecule has 1 aromatic heterocycles. The molecular formula is C32H33N3O2. The van der Waals surface area contributed by atoms with Gasteiger partial charge in [0.15, 0.2) is 11.6 Å². The summed E-state index contributed by atoms with van der Waals surface area (Å²) in [7, 11) is 1.88. The van der Waals surface area contributed by atoms with Crippen LogP contribution in [0.25, 0.3) is 0 Å². The maximum atomic E-state index is 12.8. The summed E-state index contributed by atoms with van der Waals surface area (Å²) < 4.78 is 1.85. The summed E-state index contributed by atoms with van der Waals surface area (Å²) in [5, 5.41) is 3.39. The number of carbonyl (C=O) groups excluding carboxylic acids is 2. The van der Waals surface area contributed by atoms with Crippen molar-refractivity contribution < 1.29 is 9.59 Å². The van der Waals surface area contributed by atoms with E-state index < -0.39 is 0 Å². The Kier molecular flexibility index (Phi) is 7.22. The monoisotopic (exact) mass is 491 g/mol. The number of ketones is 2. The number of Topliss-reactive ketones (excluding diaryl/α,β-unsaturated/α-hetero) is 2. The van der Waals surface area contributed by atoms with Gasteiger partial charge in [-0.1, -0.05) is 31.2 Å². The van der Waals surface area contributed by atoms with Crippen molar-refractivity contribution in [3.05, 3.63) is 114 Å². The van der Waals surface area contributed by atoms with Crippen LogP contribution in [0.1, 0.15) is 45.3 Å². The molecule has 0 saturated carbocycles. The van der Waals surface area contributed by atoms with Crippen LogP contribution >= 0.6 is 0 Å². The van der Waals surface area contributed by atoms with E-state index in [-0.39, 0.29) is 11.6 Å². The van der Waals surface area contributed by atoms with Crippen LogP contribution in [0, 0.1) is 5.92 Å². The Morgan fingerprint density at radius 2 is 1.41 bits per heavy atom. The molecule has 5 heteroatoms. The molecule has 1 aliphatic heterocycles. The van der Waals surface area contributed by atoms with E-state index in [1.807, 2.05) is 90.6 Å².